The summed E-state index contributed by atoms with van der Waals surface area (Å²) in [6.45, 7) is 17.1. The summed E-state index contributed by atoms with van der Waals surface area (Å²) in [6, 6.07) is 0.0601. The van der Waals surface area contributed by atoms with Crippen LogP contribution in [0.15, 0.2) is 38.8 Å². The molecular formula is C21H29N3O2. The van der Waals surface area contributed by atoms with E-state index < -0.39 is 11.1 Å². The zero-order valence-electron chi connectivity index (χ0n) is 16.1. The molecule has 0 bridgehead atoms. The summed E-state index contributed by atoms with van der Waals surface area (Å²) in [5, 5.41) is 0. The predicted molar refractivity (Wildman–Crippen MR) is 106 cm³/mol. The van der Waals surface area contributed by atoms with E-state index in [0.29, 0.717) is 5.92 Å². The molecule has 3 rings (SSSR count). The molecule has 0 aliphatic heterocycles. The average molecular weight is 355 g/mol. The zero-order valence-corrected chi connectivity index (χ0v) is 16.1. The summed E-state index contributed by atoms with van der Waals surface area (Å²) in [5.41, 5.74) is -0.456. The van der Waals surface area contributed by atoms with Crippen molar-refractivity contribution in [3.8, 4) is 0 Å². The Hall–Kier alpha value is -2.04. The second-order valence-electron chi connectivity index (χ2n) is 8.20. The van der Waals surface area contributed by atoms with Crippen LogP contribution in [-0.2, 0) is 9.53 Å². The quantitative estimate of drug-likeness (QED) is 0.519. The van der Waals surface area contributed by atoms with Crippen LogP contribution >= 0.6 is 0 Å². The Labute approximate surface area is 156 Å². The fourth-order valence-corrected chi connectivity index (χ4v) is 5.21. The van der Waals surface area contributed by atoms with E-state index in [2.05, 4.69) is 67.2 Å². The first-order chi connectivity index (χ1) is 12.3. The molecule has 0 N–H and O–H groups in total. The standard InChI is InChI=1S/C21H29N3O2/c1-7-16-17(23-5)9-8-15-10-14(2)11-20(12-21(15,16)20)26-18(25)19(3,24-6)13-22-4/h8-10,14,16-17H,4-7,11-13H2,1-3H3/t14-,16?,17?,19?,20?,21?/m0/s1. The van der Waals surface area contributed by atoms with Crippen molar-refractivity contribution >= 4 is 26.1 Å². The van der Waals surface area contributed by atoms with E-state index in [9.17, 15) is 4.79 Å². The molecule has 5 nitrogen and oxygen atoms in total. The molecule has 5 unspecified atom stereocenters. The SMILES string of the molecule is C=NCC(C)(N=C)C(=O)OC12C[C@@H](C)C=C3C=CC(N=C)C(CC)C31C2. The lowest BCUT2D eigenvalue weighted by Gasteiger charge is -2.42. The number of esters is 1. The lowest BCUT2D eigenvalue weighted by Crippen LogP contribution is -2.46. The van der Waals surface area contributed by atoms with Crippen LogP contribution in [0.2, 0.25) is 0 Å². The summed E-state index contributed by atoms with van der Waals surface area (Å²) >= 11 is 0. The van der Waals surface area contributed by atoms with E-state index in [-0.39, 0.29) is 29.9 Å². The maximum absolute atomic E-state index is 13.0. The number of carbonyl (C=O) groups excluding carboxylic acids is 1. The van der Waals surface area contributed by atoms with Crippen LogP contribution in [0.4, 0.5) is 0 Å². The molecule has 140 valence electrons. The predicted octanol–water partition coefficient (Wildman–Crippen LogP) is 3.45. The van der Waals surface area contributed by atoms with Crippen LogP contribution < -0.4 is 0 Å². The van der Waals surface area contributed by atoms with Crippen LogP contribution in [0.5, 0.6) is 0 Å². The van der Waals surface area contributed by atoms with Crippen molar-refractivity contribution in [1.29, 1.82) is 0 Å². The molecule has 0 saturated heterocycles. The molecule has 6 atom stereocenters. The summed E-state index contributed by atoms with van der Waals surface area (Å²) in [7, 11) is 0. The van der Waals surface area contributed by atoms with Gasteiger partial charge in [0.05, 0.1) is 12.6 Å². The molecule has 0 heterocycles. The van der Waals surface area contributed by atoms with Crippen LogP contribution in [0.3, 0.4) is 0 Å². The molecule has 0 aromatic heterocycles. The van der Waals surface area contributed by atoms with Gasteiger partial charge >= 0.3 is 5.97 Å². The Morgan fingerprint density at radius 1 is 1.42 bits per heavy atom. The second-order valence-corrected chi connectivity index (χ2v) is 8.20. The van der Waals surface area contributed by atoms with Gasteiger partial charge in [-0.05, 0) is 57.3 Å². The average Bonchev–Trinajstić information content (AvgIpc) is 3.26. The third kappa shape index (κ3) is 2.43. The molecule has 0 amide bonds. The van der Waals surface area contributed by atoms with Gasteiger partial charge in [-0.15, -0.1) is 0 Å². The summed E-state index contributed by atoms with van der Waals surface area (Å²) in [6.07, 6.45) is 9.25. The number of carbonyl (C=O) groups is 1. The summed E-state index contributed by atoms with van der Waals surface area (Å²) in [4.78, 5) is 25.2. The van der Waals surface area contributed by atoms with Crippen molar-refractivity contribution in [3.05, 3.63) is 23.8 Å². The number of hydrogen-bond donors (Lipinski definition) is 0. The fourth-order valence-electron chi connectivity index (χ4n) is 5.21. The highest BCUT2D eigenvalue weighted by Crippen LogP contribution is 2.74. The summed E-state index contributed by atoms with van der Waals surface area (Å²) in [5.74, 6) is 0.277. The Balaban J connectivity index is 1.98. The van der Waals surface area contributed by atoms with Gasteiger partial charge in [0, 0.05) is 11.8 Å². The maximum Gasteiger partial charge on any atom is 0.336 e. The van der Waals surface area contributed by atoms with Crippen LogP contribution in [-0.4, -0.2) is 49.8 Å². The first-order valence-corrected chi connectivity index (χ1v) is 9.32. The largest absolute Gasteiger partial charge is 0.456 e. The number of rotatable bonds is 7. The van der Waals surface area contributed by atoms with Gasteiger partial charge in [-0.3, -0.25) is 15.0 Å². The van der Waals surface area contributed by atoms with Crippen LogP contribution in [0.1, 0.15) is 40.0 Å². The molecule has 3 aliphatic rings. The van der Waals surface area contributed by atoms with E-state index >= 15 is 0 Å². The van der Waals surface area contributed by atoms with E-state index in [0.717, 1.165) is 19.3 Å². The van der Waals surface area contributed by atoms with Gasteiger partial charge < -0.3 is 4.74 Å². The number of nitrogens with zero attached hydrogens (tertiary/aromatic N) is 3. The van der Waals surface area contributed by atoms with E-state index in [1.807, 2.05) is 0 Å². The van der Waals surface area contributed by atoms with Crippen LogP contribution in [0.25, 0.3) is 0 Å². The van der Waals surface area contributed by atoms with Crippen molar-refractivity contribution in [2.75, 3.05) is 6.54 Å². The Kier molecular flexibility index (Phi) is 4.53. The molecule has 1 saturated carbocycles. The molecule has 5 heteroatoms. The summed E-state index contributed by atoms with van der Waals surface area (Å²) < 4.78 is 6.22. The minimum Gasteiger partial charge on any atom is -0.456 e. The minimum atomic E-state index is -1.09. The molecule has 1 spiro atoms. The zero-order chi connectivity index (χ0) is 19.2. The van der Waals surface area contributed by atoms with Crippen molar-refractivity contribution in [2.45, 2.75) is 57.2 Å². The molecular weight excluding hydrogens is 326 g/mol. The van der Waals surface area contributed by atoms with Crippen molar-refractivity contribution in [2.24, 2.45) is 32.2 Å². The molecule has 1 fully saturated rings. The third-order valence-electron chi connectivity index (χ3n) is 6.55. The normalized spacial score (nSPS) is 39.5. The fraction of sp³-hybridized carbons (Fsp3) is 0.619. The highest BCUT2D eigenvalue weighted by molar-refractivity contribution is 5.83. The second kappa shape index (κ2) is 6.29. The lowest BCUT2D eigenvalue weighted by molar-refractivity contribution is -0.161. The topological polar surface area (TPSA) is 63.4 Å². The molecule has 3 aliphatic carbocycles. The number of aliphatic imine (C=N–C) groups is 3. The Bertz CT molecular complexity index is 712. The molecule has 0 aromatic rings. The molecule has 0 aromatic carbocycles. The number of allylic oxidation sites excluding steroid dienone is 2. The third-order valence-corrected chi connectivity index (χ3v) is 6.55. The monoisotopic (exact) mass is 355 g/mol. The molecule has 26 heavy (non-hydrogen) atoms. The maximum atomic E-state index is 13.0. The van der Waals surface area contributed by atoms with E-state index in [4.69, 9.17) is 4.74 Å². The van der Waals surface area contributed by atoms with Gasteiger partial charge in [0.15, 0.2) is 5.54 Å². The van der Waals surface area contributed by atoms with Gasteiger partial charge in [-0.1, -0.05) is 32.1 Å². The molecule has 0 radical (unpaired) electrons. The van der Waals surface area contributed by atoms with Gasteiger partial charge in [-0.2, -0.15) is 0 Å². The van der Waals surface area contributed by atoms with Crippen molar-refractivity contribution in [3.63, 3.8) is 0 Å². The van der Waals surface area contributed by atoms with Crippen molar-refractivity contribution < 1.29 is 9.53 Å². The first-order valence-electron chi connectivity index (χ1n) is 9.32. The number of ether oxygens (including phenoxy) is 1. The highest BCUT2D eigenvalue weighted by atomic mass is 16.6. The minimum absolute atomic E-state index is 0.0601. The van der Waals surface area contributed by atoms with Gasteiger partial charge in [0.1, 0.15) is 5.60 Å². The highest BCUT2D eigenvalue weighted by Gasteiger charge is 2.77. The Morgan fingerprint density at radius 2 is 2.15 bits per heavy atom. The lowest BCUT2D eigenvalue weighted by atomic mass is 9.66. The smallest absolute Gasteiger partial charge is 0.336 e. The van der Waals surface area contributed by atoms with E-state index in [1.165, 1.54) is 5.57 Å². The van der Waals surface area contributed by atoms with E-state index in [1.54, 1.807) is 6.92 Å². The van der Waals surface area contributed by atoms with Crippen molar-refractivity contribution in [1.82, 2.24) is 0 Å². The van der Waals surface area contributed by atoms with Crippen LogP contribution in [0, 0.1) is 17.3 Å². The first kappa shape index (κ1) is 18.7. The number of hydrogen-bond acceptors (Lipinski definition) is 5. The van der Waals surface area contributed by atoms with Gasteiger partial charge in [0.25, 0.3) is 0 Å². The Morgan fingerprint density at radius 3 is 2.73 bits per heavy atom. The van der Waals surface area contributed by atoms with Gasteiger partial charge in [0.2, 0.25) is 0 Å². The van der Waals surface area contributed by atoms with Gasteiger partial charge in [-0.25, -0.2) is 4.79 Å².